The second kappa shape index (κ2) is 6.82. The molecule has 2 aromatic rings. The lowest BCUT2D eigenvalue weighted by molar-refractivity contribution is 0.0694. The van der Waals surface area contributed by atoms with E-state index in [1.807, 2.05) is 18.9 Å². The molecule has 0 aliphatic carbocycles. The summed E-state index contributed by atoms with van der Waals surface area (Å²) in [5, 5.41) is 9.36. The Bertz CT molecular complexity index is 966. The van der Waals surface area contributed by atoms with Crippen molar-refractivity contribution in [2.45, 2.75) is 13.0 Å². The number of ether oxygens (including phenoxy) is 1. The van der Waals surface area contributed by atoms with E-state index < -0.39 is 17.2 Å². The van der Waals surface area contributed by atoms with E-state index in [-0.39, 0.29) is 29.1 Å². The normalized spacial score (nSPS) is 19.5. The van der Waals surface area contributed by atoms with Crippen molar-refractivity contribution in [1.29, 1.82) is 0 Å². The number of halogens is 1. The first-order valence-electron chi connectivity index (χ1n) is 8.59. The predicted molar refractivity (Wildman–Crippen MR) is 98.7 cm³/mol. The molecule has 0 amide bonds. The number of hydrogen-bond donors (Lipinski definition) is 1. The average molecular weight is 379 g/mol. The Labute approximate surface area is 154 Å². The maximum atomic E-state index is 15.0. The van der Waals surface area contributed by atoms with Crippen LogP contribution in [0.5, 0.6) is 5.75 Å². The molecule has 1 saturated heterocycles. The van der Waals surface area contributed by atoms with Gasteiger partial charge >= 0.3 is 5.97 Å². The first-order valence-corrected chi connectivity index (χ1v) is 8.59. The summed E-state index contributed by atoms with van der Waals surface area (Å²) >= 11 is 0. The third kappa shape index (κ3) is 2.92. The van der Waals surface area contributed by atoms with E-state index in [0.717, 1.165) is 19.2 Å². The Balaban J connectivity index is 0.00000210. The summed E-state index contributed by atoms with van der Waals surface area (Å²) in [6.07, 6.45) is 1.34. The molecular formula is C18H22FN3O5. The van der Waals surface area contributed by atoms with Crippen LogP contribution in [0.2, 0.25) is 0 Å². The quantitative estimate of drug-likeness (QED) is 0.824. The van der Waals surface area contributed by atoms with Crippen molar-refractivity contribution in [3.05, 3.63) is 33.9 Å². The fourth-order valence-electron chi connectivity index (χ4n) is 3.69. The molecule has 4 rings (SSSR count). The van der Waals surface area contributed by atoms with Crippen molar-refractivity contribution in [2.24, 2.45) is 0 Å². The molecule has 3 N–H and O–H groups in total. The first-order chi connectivity index (χ1) is 12.4. The number of pyridine rings is 1. The van der Waals surface area contributed by atoms with Crippen molar-refractivity contribution in [3.63, 3.8) is 0 Å². The van der Waals surface area contributed by atoms with Gasteiger partial charge in [-0.05, 0) is 20.0 Å². The van der Waals surface area contributed by atoms with Gasteiger partial charge in [-0.3, -0.25) is 4.79 Å². The van der Waals surface area contributed by atoms with Gasteiger partial charge in [-0.25, -0.2) is 9.18 Å². The largest absolute Gasteiger partial charge is 0.487 e. The van der Waals surface area contributed by atoms with Crippen molar-refractivity contribution in [2.75, 3.05) is 44.7 Å². The molecular weight excluding hydrogens is 357 g/mol. The van der Waals surface area contributed by atoms with Gasteiger partial charge in [-0.15, -0.1) is 0 Å². The number of carboxylic acid groups (broad SMARTS) is 1. The molecule has 0 unspecified atom stereocenters. The summed E-state index contributed by atoms with van der Waals surface area (Å²) in [7, 11) is 2.02. The highest BCUT2D eigenvalue weighted by Gasteiger charge is 2.30. The van der Waals surface area contributed by atoms with Crippen molar-refractivity contribution >= 4 is 22.6 Å². The fourth-order valence-corrected chi connectivity index (χ4v) is 3.69. The zero-order valence-electron chi connectivity index (χ0n) is 15.2. The third-order valence-corrected chi connectivity index (χ3v) is 5.19. The van der Waals surface area contributed by atoms with Crippen LogP contribution in [0.4, 0.5) is 10.1 Å². The van der Waals surface area contributed by atoms with Crippen molar-refractivity contribution in [3.8, 4) is 5.75 Å². The molecule has 2 aliphatic heterocycles. The van der Waals surface area contributed by atoms with E-state index in [1.165, 1.54) is 6.20 Å². The van der Waals surface area contributed by atoms with Gasteiger partial charge in [-0.1, -0.05) is 0 Å². The molecule has 2 aliphatic rings. The topological polar surface area (TPSA) is 107 Å². The van der Waals surface area contributed by atoms with Gasteiger partial charge in [0.05, 0.1) is 16.9 Å². The zero-order valence-corrected chi connectivity index (χ0v) is 15.2. The number of benzene rings is 1. The summed E-state index contributed by atoms with van der Waals surface area (Å²) in [6.45, 7) is 5.08. The van der Waals surface area contributed by atoms with Gasteiger partial charge < -0.3 is 29.7 Å². The molecule has 0 radical (unpaired) electrons. The average Bonchev–Trinajstić information content (AvgIpc) is 2.60. The van der Waals surface area contributed by atoms with Crippen molar-refractivity contribution in [1.82, 2.24) is 9.47 Å². The smallest absolute Gasteiger partial charge is 0.341 e. The lowest BCUT2D eigenvalue weighted by Gasteiger charge is -2.37. The molecule has 0 saturated carbocycles. The van der Waals surface area contributed by atoms with Crippen molar-refractivity contribution < 1.29 is 24.5 Å². The molecule has 27 heavy (non-hydrogen) atoms. The van der Waals surface area contributed by atoms with Gasteiger partial charge in [0, 0.05) is 32.4 Å². The van der Waals surface area contributed by atoms with E-state index in [1.54, 1.807) is 4.57 Å². The maximum absolute atomic E-state index is 15.0. The molecule has 1 atom stereocenters. The SMILES string of the molecule is C[C@H]1COc2c(N3CCN(C)CC3)c(F)cc3c(=O)c(C(=O)O)cn1c23.O. The van der Waals surface area contributed by atoms with Gasteiger partial charge in [0.25, 0.3) is 0 Å². The van der Waals surface area contributed by atoms with Crippen LogP contribution in [0.1, 0.15) is 23.3 Å². The number of aromatic carboxylic acids is 1. The fraction of sp³-hybridized carbons (Fsp3) is 0.444. The number of likely N-dealkylation sites (N-methyl/N-ethyl adjacent to an activating group) is 1. The lowest BCUT2D eigenvalue weighted by Crippen LogP contribution is -2.45. The second-order valence-corrected chi connectivity index (χ2v) is 6.97. The van der Waals surface area contributed by atoms with Crippen LogP contribution >= 0.6 is 0 Å². The van der Waals surface area contributed by atoms with Crippen LogP contribution in [0.3, 0.4) is 0 Å². The van der Waals surface area contributed by atoms with Gasteiger partial charge in [0.1, 0.15) is 17.9 Å². The molecule has 0 spiro atoms. The highest BCUT2D eigenvalue weighted by Crippen LogP contribution is 2.42. The summed E-state index contributed by atoms with van der Waals surface area (Å²) in [6, 6.07) is 0.994. The number of rotatable bonds is 2. The number of carboxylic acids is 1. The molecule has 1 aromatic heterocycles. The number of carbonyl (C=O) groups is 1. The zero-order chi connectivity index (χ0) is 18.6. The van der Waals surface area contributed by atoms with Crippen LogP contribution < -0.4 is 15.1 Å². The maximum Gasteiger partial charge on any atom is 0.341 e. The molecule has 9 heteroatoms. The second-order valence-electron chi connectivity index (χ2n) is 6.97. The predicted octanol–water partition coefficient (Wildman–Crippen LogP) is 0.719. The molecule has 3 heterocycles. The number of anilines is 1. The molecule has 8 nitrogen and oxygen atoms in total. The number of nitrogens with zero attached hydrogens (tertiary/aromatic N) is 3. The van der Waals surface area contributed by atoms with E-state index >= 15 is 0 Å². The Morgan fingerprint density at radius 3 is 2.59 bits per heavy atom. The van der Waals surface area contributed by atoms with E-state index in [0.29, 0.717) is 30.0 Å². The van der Waals surface area contributed by atoms with E-state index in [4.69, 9.17) is 4.74 Å². The lowest BCUT2D eigenvalue weighted by atomic mass is 10.1. The summed E-state index contributed by atoms with van der Waals surface area (Å²) in [5.74, 6) is -1.54. The molecule has 0 bridgehead atoms. The molecule has 1 fully saturated rings. The molecule has 1 aromatic carbocycles. The summed E-state index contributed by atoms with van der Waals surface area (Å²) in [4.78, 5) is 28.1. The summed E-state index contributed by atoms with van der Waals surface area (Å²) in [5.41, 5.74) is -0.224. The highest BCUT2D eigenvalue weighted by molar-refractivity contribution is 5.97. The van der Waals surface area contributed by atoms with Crippen LogP contribution in [-0.4, -0.2) is 65.9 Å². The Kier molecular flexibility index (Phi) is 4.83. The minimum absolute atomic E-state index is 0. The van der Waals surface area contributed by atoms with E-state index in [2.05, 4.69) is 4.90 Å². The standard InChI is InChI=1S/C18H20FN3O4.H2O/c1-10-9-26-17-14-11(16(23)12(18(24)25)8-22(10)14)7-13(19)15(17)21-5-3-20(2)4-6-21;/h7-8,10H,3-6,9H2,1-2H3,(H,24,25);1H2/t10-;/m0./s1. The molecule has 146 valence electrons. The van der Waals surface area contributed by atoms with Gasteiger partial charge in [0.15, 0.2) is 11.6 Å². The Morgan fingerprint density at radius 2 is 1.96 bits per heavy atom. The van der Waals surface area contributed by atoms with Crippen LogP contribution in [-0.2, 0) is 0 Å². The van der Waals surface area contributed by atoms with Crippen LogP contribution in [0.15, 0.2) is 17.1 Å². The Hall–Kier alpha value is -2.65. The Morgan fingerprint density at radius 1 is 1.30 bits per heavy atom. The minimum atomic E-state index is -1.32. The van der Waals surface area contributed by atoms with Crippen LogP contribution in [0, 0.1) is 5.82 Å². The highest BCUT2D eigenvalue weighted by atomic mass is 19.1. The first kappa shape index (κ1) is 19.1. The van der Waals surface area contributed by atoms with Crippen LogP contribution in [0.25, 0.3) is 10.9 Å². The monoisotopic (exact) mass is 379 g/mol. The van der Waals surface area contributed by atoms with Gasteiger partial charge in [-0.2, -0.15) is 0 Å². The number of hydrogen-bond acceptors (Lipinski definition) is 5. The number of piperazine rings is 1. The van der Waals surface area contributed by atoms with E-state index in [9.17, 15) is 19.1 Å². The van der Waals surface area contributed by atoms with Gasteiger partial charge in [0.2, 0.25) is 5.43 Å². The number of aromatic nitrogens is 1. The third-order valence-electron chi connectivity index (χ3n) is 5.19. The minimum Gasteiger partial charge on any atom is -0.487 e. The summed E-state index contributed by atoms with van der Waals surface area (Å²) < 4.78 is 22.6.